The van der Waals surface area contributed by atoms with Crippen molar-refractivity contribution in [3.8, 4) is 0 Å². The Morgan fingerprint density at radius 3 is 2.35 bits per heavy atom. The average Bonchev–Trinajstić information content (AvgIpc) is 2.69. The van der Waals surface area contributed by atoms with Gasteiger partial charge < -0.3 is 0 Å². The monoisotopic (exact) mass is 362 g/mol. The van der Waals surface area contributed by atoms with E-state index in [1.165, 1.54) is 5.56 Å². The summed E-state index contributed by atoms with van der Waals surface area (Å²) in [6, 6.07) is 25.1. The van der Waals surface area contributed by atoms with Gasteiger partial charge in [0.05, 0.1) is 6.21 Å². The molecule has 1 amide bonds. The molecule has 0 bridgehead atoms. The summed E-state index contributed by atoms with van der Waals surface area (Å²) in [5, 5.41) is 4.70. The van der Waals surface area contributed by atoms with Crippen molar-refractivity contribution < 1.29 is 4.79 Å². The number of aryl methyl sites for hydroxylation is 2. The summed E-state index contributed by atoms with van der Waals surface area (Å²) >= 11 is 5.85. The zero-order valence-corrected chi connectivity index (χ0v) is 15.0. The predicted molar refractivity (Wildman–Crippen MR) is 107 cm³/mol. The molecule has 0 atom stereocenters. The molecule has 26 heavy (non-hydrogen) atoms. The number of nitrogens with one attached hydrogen (secondary N) is 1. The molecular formula is C22H19ClN2O. The van der Waals surface area contributed by atoms with E-state index in [9.17, 15) is 4.79 Å². The maximum absolute atomic E-state index is 12.5. The van der Waals surface area contributed by atoms with Crippen molar-refractivity contribution >= 4 is 23.7 Å². The molecule has 0 aliphatic heterocycles. The molecule has 3 rings (SSSR count). The predicted octanol–water partition coefficient (Wildman–Crippen LogP) is 4.89. The van der Waals surface area contributed by atoms with Gasteiger partial charge in [0.25, 0.3) is 5.91 Å². The Bertz CT molecular complexity index is 890. The van der Waals surface area contributed by atoms with E-state index in [-0.39, 0.29) is 5.91 Å². The number of rotatable bonds is 6. The van der Waals surface area contributed by atoms with Crippen LogP contribution < -0.4 is 5.43 Å². The minimum atomic E-state index is -0.209. The molecule has 0 aliphatic rings. The van der Waals surface area contributed by atoms with Gasteiger partial charge in [0.15, 0.2) is 0 Å². The van der Waals surface area contributed by atoms with Gasteiger partial charge >= 0.3 is 0 Å². The standard InChI is InChI=1S/C22H19ClN2O/c23-20-14-11-18(12-15-20)16-24-25-22(26)21-9-5-4-8-19(21)13-10-17-6-2-1-3-7-17/h1-9,11-12,14-16H,10,13H2,(H,25,26). The van der Waals surface area contributed by atoms with Crippen LogP contribution in [-0.2, 0) is 12.8 Å². The Morgan fingerprint density at radius 1 is 0.885 bits per heavy atom. The lowest BCUT2D eigenvalue weighted by atomic mass is 9.99. The quantitative estimate of drug-likeness (QED) is 0.492. The van der Waals surface area contributed by atoms with E-state index in [1.54, 1.807) is 18.3 Å². The average molecular weight is 363 g/mol. The lowest BCUT2D eigenvalue weighted by Crippen LogP contribution is -2.19. The molecule has 0 spiro atoms. The molecule has 4 heteroatoms. The van der Waals surface area contributed by atoms with E-state index < -0.39 is 0 Å². The van der Waals surface area contributed by atoms with Crippen LogP contribution in [0.3, 0.4) is 0 Å². The first kappa shape index (κ1) is 17.9. The normalized spacial score (nSPS) is 10.8. The van der Waals surface area contributed by atoms with Crippen LogP contribution in [0.5, 0.6) is 0 Å². The molecule has 0 radical (unpaired) electrons. The van der Waals surface area contributed by atoms with E-state index in [0.29, 0.717) is 10.6 Å². The Morgan fingerprint density at radius 2 is 1.58 bits per heavy atom. The molecular weight excluding hydrogens is 344 g/mol. The maximum atomic E-state index is 12.5. The number of hydrogen-bond acceptors (Lipinski definition) is 2. The Labute approximate surface area is 158 Å². The molecule has 3 aromatic carbocycles. The molecule has 130 valence electrons. The van der Waals surface area contributed by atoms with Crippen LogP contribution in [0.15, 0.2) is 84.0 Å². The van der Waals surface area contributed by atoms with Gasteiger partial charge in [-0.25, -0.2) is 5.43 Å². The topological polar surface area (TPSA) is 41.5 Å². The second-order valence-corrected chi connectivity index (χ2v) is 6.33. The molecule has 0 fully saturated rings. The first-order valence-electron chi connectivity index (χ1n) is 8.43. The van der Waals surface area contributed by atoms with Gasteiger partial charge in [-0.15, -0.1) is 0 Å². The molecule has 0 saturated carbocycles. The fourth-order valence-corrected chi connectivity index (χ4v) is 2.78. The summed E-state index contributed by atoms with van der Waals surface area (Å²) in [6.07, 6.45) is 3.29. The smallest absolute Gasteiger partial charge is 0.267 e. The SMILES string of the molecule is O=C(NN=Cc1ccc(Cl)cc1)c1ccccc1CCc1ccccc1. The summed E-state index contributed by atoms with van der Waals surface area (Å²) in [5.41, 5.74) is 6.38. The molecule has 0 unspecified atom stereocenters. The van der Waals surface area contributed by atoms with Gasteiger partial charge in [-0.05, 0) is 47.7 Å². The summed E-state index contributed by atoms with van der Waals surface area (Å²) in [6.45, 7) is 0. The van der Waals surface area contributed by atoms with Gasteiger partial charge in [0.2, 0.25) is 0 Å². The highest BCUT2D eigenvalue weighted by molar-refractivity contribution is 6.30. The van der Waals surface area contributed by atoms with E-state index in [0.717, 1.165) is 24.0 Å². The zero-order valence-electron chi connectivity index (χ0n) is 14.2. The Hall–Kier alpha value is -2.91. The van der Waals surface area contributed by atoms with Crippen LogP contribution in [0.25, 0.3) is 0 Å². The van der Waals surface area contributed by atoms with Crippen molar-refractivity contribution in [1.29, 1.82) is 0 Å². The Kier molecular flexibility index (Phi) is 6.18. The minimum Gasteiger partial charge on any atom is -0.267 e. The van der Waals surface area contributed by atoms with Crippen molar-refractivity contribution in [2.75, 3.05) is 0 Å². The number of nitrogens with zero attached hydrogens (tertiary/aromatic N) is 1. The van der Waals surface area contributed by atoms with Crippen LogP contribution in [0.1, 0.15) is 27.0 Å². The summed E-state index contributed by atoms with van der Waals surface area (Å²) in [7, 11) is 0. The molecule has 0 saturated heterocycles. The molecule has 1 N–H and O–H groups in total. The van der Waals surface area contributed by atoms with Gasteiger partial charge in [-0.3, -0.25) is 4.79 Å². The zero-order chi connectivity index (χ0) is 18.2. The number of halogens is 1. The highest BCUT2D eigenvalue weighted by Crippen LogP contribution is 2.13. The van der Waals surface area contributed by atoms with E-state index in [4.69, 9.17) is 11.6 Å². The number of carbonyl (C=O) groups excluding carboxylic acids is 1. The fraction of sp³-hybridized carbons (Fsp3) is 0.0909. The molecule has 3 nitrogen and oxygen atoms in total. The summed E-state index contributed by atoms with van der Waals surface area (Å²) in [5.74, 6) is -0.209. The third-order valence-electron chi connectivity index (χ3n) is 4.04. The Balaban J connectivity index is 1.64. The number of hydrazone groups is 1. The van der Waals surface area contributed by atoms with Crippen LogP contribution >= 0.6 is 11.6 Å². The number of amides is 1. The summed E-state index contributed by atoms with van der Waals surface area (Å²) < 4.78 is 0. The number of hydrogen-bond donors (Lipinski definition) is 1. The van der Waals surface area contributed by atoms with Crippen LogP contribution in [0.2, 0.25) is 5.02 Å². The van der Waals surface area contributed by atoms with Crippen LogP contribution in [0.4, 0.5) is 0 Å². The van der Waals surface area contributed by atoms with Crippen molar-refractivity contribution in [3.05, 3.63) is 106 Å². The lowest BCUT2D eigenvalue weighted by molar-refractivity contribution is 0.0954. The van der Waals surface area contributed by atoms with Crippen molar-refractivity contribution in [2.45, 2.75) is 12.8 Å². The highest BCUT2D eigenvalue weighted by Gasteiger charge is 2.10. The molecule has 0 aliphatic carbocycles. The summed E-state index contributed by atoms with van der Waals surface area (Å²) in [4.78, 5) is 12.5. The fourth-order valence-electron chi connectivity index (χ4n) is 2.66. The van der Waals surface area contributed by atoms with E-state index in [2.05, 4.69) is 22.7 Å². The van der Waals surface area contributed by atoms with Gasteiger partial charge in [-0.2, -0.15) is 5.10 Å². The van der Waals surface area contributed by atoms with E-state index >= 15 is 0 Å². The minimum absolute atomic E-state index is 0.209. The molecule has 3 aromatic rings. The second kappa shape index (κ2) is 8.97. The van der Waals surface area contributed by atoms with Gasteiger partial charge in [0.1, 0.15) is 0 Å². The van der Waals surface area contributed by atoms with Crippen LogP contribution in [-0.4, -0.2) is 12.1 Å². The third kappa shape index (κ3) is 5.04. The van der Waals surface area contributed by atoms with Crippen molar-refractivity contribution in [3.63, 3.8) is 0 Å². The van der Waals surface area contributed by atoms with E-state index in [1.807, 2.05) is 54.6 Å². The molecule has 0 aromatic heterocycles. The number of benzene rings is 3. The molecule has 0 heterocycles. The highest BCUT2D eigenvalue weighted by atomic mass is 35.5. The van der Waals surface area contributed by atoms with Crippen molar-refractivity contribution in [2.24, 2.45) is 5.10 Å². The van der Waals surface area contributed by atoms with Crippen LogP contribution in [0, 0.1) is 0 Å². The maximum Gasteiger partial charge on any atom is 0.271 e. The van der Waals surface area contributed by atoms with Gasteiger partial charge in [0, 0.05) is 10.6 Å². The lowest BCUT2D eigenvalue weighted by Gasteiger charge is -2.08. The third-order valence-corrected chi connectivity index (χ3v) is 4.29. The number of carbonyl (C=O) groups is 1. The first-order chi connectivity index (χ1) is 12.7. The largest absolute Gasteiger partial charge is 0.271 e. The first-order valence-corrected chi connectivity index (χ1v) is 8.81. The van der Waals surface area contributed by atoms with Crippen molar-refractivity contribution in [1.82, 2.24) is 5.43 Å². The second-order valence-electron chi connectivity index (χ2n) is 5.89. The van der Waals surface area contributed by atoms with Gasteiger partial charge in [-0.1, -0.05) is 72.3 Å².